The van der Waals surface area contributed by atoms with Crippen LogP contribution in [0.3, 0.4) is 0 Å². The topological polar surface area (TPSA) is 67.8 Å². The first-order chi connectivity index (χ1) is 12.0. The van der Waals surface area contributed by atoms with Gasteiger partial charge in [0.25, 0.3) is 5.91 Å². The summed E-state index contributed by atoms with van der Waals surface area (Å²) < 4.78 is 13.4. The van der Waals surface area contributed by atoms with E-state index in [9.17, 15) is 9.18 Å². The van der Waals surface area contributed by atoms with Crippen molar-refractivity contribution in [1.82, 2.24) is 15.0 Å². The van der Waals surface area contributed by atoms with Crippen LogP contribution in [0.25, 0.3) is 0 Å². The minimum atomic E-state index is -0.354. The molecule has 0 fully saturated rings. The normalized spacial score (nSPS) is 10.7. The number of benzene rings is 1. The van der Waals surface area contributed by atoms with Gasteiger partial charge in [-0.2, -0.15) is 0 Å². The molecule has 128 valence electrons. The second-order valence-electron chi connectivity index (χ2n) is 4.99. The number of hydrogen-bond donors (Lipinski definition) is 1. The molecule has 0 aliphatic rings. The fraction of sp³-hybridized carbons (Fsp3) is 0.125. The first kappa shape index (κ1) is 18.0. The number of rotatable bonds is 5. The standard InChI is InChI=1S/C16H12BrFN4OS2/c1-9-6-19-16(25-9)22-14(23)13-12(17)7-20-15(21-13)24-8-10-2-4-11(18)5-3-10/h2-7H,8H2,1H3,(H,19,22,23). The van der Waals surface area contributed by atoms with E-state index in [-0.39, 0.29) is 17.4 Å². The number of halogens is 2. The van der Waals surface area contributed by atoms with Crippen LogP contribution in [0.15, 0.2) is 46.3 Å². The molecule has 1 N–H and O–H groups in total. The van der Waals surface area contributed by atoms with Crippen LogP contribution in [0.1, 0.15) is 20.9 Å². The highest BCUT2D eigenvalue weighted by molar-refractivity contribution is 9.10. The number of carbonyl (C=O) groups excluding carboxylic acids is 1. The van der Waals surface area contributed by atoms with E-state index in [1.807, 2.05) is 6.92 Å². The van der Waals surface area contributed by atoms with Crippen molar-refractivity contribution in [1.29, 1.82) is 0 Å². The number of nitrogens with one attached hydrogen (secondary N) is 1. The van der Waals surface area contributed by atoms with Crippen LogP contribution < -0.4 is 5.32 Å². The maximum absolute atomic E-state index is 12.9. The lowest BCUT2D eigenvalue weighted by Crippen LogP contribution is -2.15. The Labute approximate surface area is 160 Å². The van der Waals surface area contributed by atoms with Crippen LogP contribution in [0.5, 0.6) is 0 Å². The van der Waals surface area contributed by atoms with Crippen molar-refractivity contribution in [2.75, 3.05) is 5.32 Å². The Morgan fingerprint density at radius 1 is 1.28 bits per heavy atom. The van der Waals surface area contributed by atoms with Crippen molar-refractivity contribution in [3.8, 4) is 0 Å². The molecule has 2 aromatic heterocycles. The zero-order valence-electron chi connectivity index (χ0n) is 13.0. The summed E-state index contributed by atoms with van der Waals surface area (Å²) in [5.74, 6) is -0.0495. The summed E-state index contributed by atoms with van der Waals surface area (Å²) in [6, 6.07) is 6.24. The number of thioether (sulfide) groups is 1. The van der Waals surface area contributed by atoms with Crippen molar-refractivity contribution < 1.29 is 9.18 Å². The van der Waals surface area contributed by atoms with Crippen molar-refractivity contribution in [3.05, 3.63) is 63.1 Å². The number of thiazole rings is 1. The summed E-state index contributed by atoms with van der Waals surface area (Å²) in [4.78, 5) is 26.0. The number of amides is 1. The molecule has 9 heteroatoms. The molecule has 3 rings (SSSR count). The third-order valence-corrected chi connectivity index (χ3v) is 5.40. The molecular weight excluding hydrogens is 427 g/mol. The maximum atomic E-state index is 12.9. The van der Waals surface area contributed by atoms with E-state index in [2.05, 4.69) is 36.2 Å². The van der Waals surface area contributed by atoms with Gasteiger partial charge in [0.15, 0.2) is 10.3 Å². The van der Waals surface area contributed by atoms with Gasteiger partial charge in [-0.15, -0.1) is 11.3 Å². The summed E-state index contributed by atoms with van der Waals surface area (Å²) in [6.45, 7) is 1.91. The van der Waals surface area contributed by atoms with Crippen molar-refractivity contribution in [2.45, 2.75) is 17.8 Å². The number of aromatic nitrogens is 3. The monoisotopic (exact) mass is 438 g/mol. The molecule has 0 bridgehead atoms. The van der Waals surface area contributed by atoms with Gasteiger partial charge in [0, 0.05) is 23.0 Å². The van der Waals surface area contributed by atoms with Crippen molar-refractivity contribution in [3.63, 3.8) is 0 Å². The average molecular weight is 439 g/mol. The van der Waals surface area contributed by atoms with Crippen LogP contribution >= 0.6 is 39.0 Å². The second-order valence-corrected chi connectivity index (χ2v) is 8.03. The lowest BCUT2D eigenvalue weighted by atomic mass is 10.2. The van der Waals surface area contributed by atoms with E-state index in [4.69, 9.17) is 0 Å². The SMILES string of the molecule is Cc1cnc(NC(=O)c2nc(SCc3ccc(F)cc3)ncc2Br)s1. The molecular formula is C16H12BrFN4OS2. The number of hydrogen-bond acceptors (Lipinski definition) is 6. The van der Waals surface area contributed by atoms with E-state index in [0.717, 1.165) is 10.4 Å². The molecule has 0 spiro atoms. The smallest absolute Gasteiger partial charge is 0.277 e. The number of aryl methyl sites for hydroxylation is 1. The Kier molecular flexibility index (Phi) is 5.77. The molecule has 0 aliphatic heterocycles. The molecule has 2 heterocycles. The fourth-order valence-corrected chi connectivity index (χ4v) is 3.68. The number of anilines is 1. The molecule has 3 aromatic rings. The first-order valence-corrected chi connectivity index (χ1v) is 9.74. The summed E-state index contributed by atoms with van der Waals surface area (Å²) >= 11 is 6.06. The molecule has 0 unspecified atom stereocenters. The van der Waals surface area contributed by atoms with Crippen molar-refractivity contribution in [2.24, 2.45) is 0 Å². The Hall–Kier alpha value is -1.84. The summed E-state index contributed by atoms with van der Waals surface area (Å²) in [5.41, 5.74) is 1.19. The van der Waals surface area contributed by atoms with Crippen LogP contribution in [0.2, 0.25) is 0 Å². The third-order valence-electron chi connectivity index (χ3n) is 3.06. The van der Waals surface area contributed by atoms with Crippen LogP contribution in [-0.2, 0) is 5.75 Å². The second kappa shape index (κ2) is 8.03. The van der Waals surface area contributed by atoms with Gasteiger partial charge in [0.1, 0.15) is 11.5 Å². The zero-order chi connectivity index (χ0) is 17.8. The first-order valence-electron chi connectivity index (χ1n) is 7.15. The molecule has 1 amide bonds. The van der Waals surface area contributed by atoms with Crippen LogP contribution in [0, 0.1) is 12.7 Å². The Balaban J connectivity index is 1.71. The van der Waals surface area contributed by atoms with Gasteiger partial charge in [-0.05, 0) is 40.5 Å². The average Bonchev–Trinajstić information content (AvgIpc) is 3.00. The Morgan fingerprint density at radius 2 is 2.04 bits per heavy atom. The van der Waals surface area contributed by atoms with Crippen LogP contribution in [0.4, 0.5) is 9.52 Å². The summed E-state index contributed by atoms with van der Waals surface area (Å²) in [6.07, 6.45) is 3.24. The quantitative estimate of drug-likeness (QED) is 0.462. The highest BCUT2D eigenvalue weighted by Gasteiger charge is 2.15. The van der Waals surface area contributed by atoms with E-state index in [0.29, 0.717) is 20.5 Å². The maximum Gasteiger partial charge on any atom is 0.277 e. The van der Waals surface area contributed by atoms with Gasteiger partial charge in [0.2, 0.25) is 0 Å². The van der Waals surface area contributed by atoms with Gasteiger partial charge in [-0.25, -0.2) is 19.3 Å². The van der Waals surface area contributed by atoms with Gasteiger partial charge < -0.3 is 0 Å². The lowest BCUT2D eigenvalue weighted by molar-refractivity contribution is 0.102. The molecule has 5 nitrogen and oxygen atoms in total. The molecule has 25 heavy (non-hydrogen) atoms. The summed E-state index contributed by atoms with van der Waals surface area (Å²) in [5, 5.41) is 3.71. The number of nitrogens with zero attached hydrogens (tertiary/aromatic N) is 3. The van der Waals surface area contributed by atoms with Crippen LogP contribution in [-0.4, -0.2) is 20.9 Å². The minimum Gasteiger partial charge on any atom is -0.296 e. The van der Waals surface area contributed by atoms with E-state index < -0.39 is 0 Å². The highest BCUT2D eigenvalue weighted by Crippen LogP contribution is 2.24. The highest BCUT2D eigenvalue weighted by atomic mass is 79.9. The molecule has 0 saturated heterocycles. The van der Waals surface area contributed by atoms with Gasteiger partial charge in [0.05, 0.1) is 4.47 Å². The zero-order valence-corrected chi connectivity index (χ0v) is 16.2. The lowest BCUT2D eigenvalue weighted by Gasteiger charge is -2.06. The van der Waals surface area contributed by atoms with E-state index in [1.54, 1.807) is 24.5 Å². The predicted molar refractivity (Wildman–Crippen MR) is 100 cm³/mol. The molecule has 1 aromatic carbocycles. The largest absolute Gasteiger partial charge is 0.296 e. The third kappa shape index (κ3) is 4.83. The minimum absolute atomic E-state index is 0.240. The molecule has 0 saturated carbocycles. The Morgan fingerprint density at radius 3 is 2.72 bits per heavy atom. The van der Waals surface area contributed by atoms with Gasteiger partial charge in [-0.1, -0.05) is 23.9 Å². The van der Waals surface area contributed by atoms with Gasteiger partial charge >= 0.3 is 0 Å². The molecule has 0 radical (unpaired) electrons. The Bertz CT molecular complexity index is 901. The molecule has 0 atom stereocenters. The van der Waals surface area contributed by atoms with Crippen molar-refractivity contribution >= 4 is 50.1 Å². The van der Waals surface area contributed by atoms with E-state index in [1.165, 1.54) is 35.2 Å². The fourth-order valence-electron chi connectivity index (χ4n) is 1.88. The predicted octanol–water partition coefficient (Wildman–Crippen LogP) is 4.69. The number of carbonyl (C=O) groups is 1. The summed E-state index contributed by atoms with van der Waals surface area (Å²) in [7, 11) is 0. The van der Waals surface area contributed by atoms with E-state index >= 15 is 0 Å². The van der Waals surface area contributed by atoms with Gasteiger partial charge in [-0.3, -0.25) is 10.1 Å². The molecule has 0 aliphatic carbocycles.